The number of hydrogen-bond acceptors (Lipinski definition) is 0. The minimum atomic E-state index is 0.772. The second kappa shape index (κ2) is 8.33. The van der Waals surface area contributed by atoms with Crippen molar-refractivity contribution in [3.63, 3.8) is 0 Å². The van der Waals surface area contributed by atoms with Gasteiger partial charge in [-0.05, 0) is 108 Å². The summed E-state index contributed by atoms with van der Waals surface area (Å²) >= 11 is 0. The predicted molar refractivity (Wildman–Crippen MR) is 145 cm³/mol. The van der Waals surface area contributed by atoms with Crippen LogP contribution in [0, 0.1) is 30.6 Å². The van der Waals surface area contributed by atoms with Crippen LogP contribution in [-0.2, 0) is 7.05 Å². The van der Waals surface area contributed by atoms with Crippen molar-refractivity contribution >= 4 is 10.8 Å². The third-order valence-corrected chi connectivity index (χ3v) is 9.73. The zero-order valence-corrected chi connectivity index (χ0v) is 21.1. The van der Waals surface area contributed by atoms with Crippen LogP contribution >= 0.6 is 0 Å². The molecule has 1 aromatic heterocycles. The average molecular weight is 459 g/mol. The SMILES string of the molecule is Cc1cc(-c2ccccc2)ccc1-c1c2ccc(C3CC4CC5CCC3C(C5)C4)cc2cc[n+]1C. The fraction of sp³-hybridized carbons (Fsp3) is 0.382. The Bertz CT molecular complexity index is 1400. The maximum absolute atomic E-state index is 2.55. The van der Waals surface area contributed by atoms with Crippen LogP contribution in [0.3, 0.4) is 0 Å². The van der Waals surface area contributed by atoms with E-state index in [0.29, 0.717) is 0 Å². The van der Waals surface area contributed by atoms with E-state index >= 15 is 0 Å². The molecule has 1 nitrogen and oxygen atoms in total. The number of nitrogens with zero attached hydrogens (tertiary/aromatic N) is 1. The minimum Gasteiger partial charge on any atom is -0.200 e. The molecule has 0 saturated heterocycles. The van der Waals surface area contributed by atoms with Gasteiger partial charge in [-0.2, -0.15) is 0 Å². The average Bonchev–Trinajstić information content (AvgIpc) is 2.88. The Morgan fingerprint density at radius 2 is 1.60 bits per heavy atom. The first-order chi connectivity index (χ1) is 17.1. The highest BCUT2D eigenvalue weighted by atomic mass is 14.9. The third kappa shape index (κ3) is 3.63. The fourth-order valence-electron chi connectivity index (χ4n) is 8.20. The molecule has 3 aliphatic carbocycles. The van der Waals surface area contributed by atoms with Gasteiger partial charge >= 0.3 is 0 Å². The molecular formula is C34H36N+. The van der Waals surface area contributed by atoms with Crippen LogP contribution in [0.25, 0.3) is 33.2 Å². The molecule has 0 aliphatic heterocycles. The van der Waals surface area contributed by atoms with Crippen molar-refractivity contribution < 1.29 is 4.57 Å². The highest BCUT2D eigenvalue weighted by Gasteiger charge is 2.45. The highest BCUT2D eigenvalue weighted by Crippen LogP contribution is 2.57. The quantitative estimate of drug-likeness (QED) is 0.272. The lowest BCUT2D eigenvalue weighted by atomic mass is 9.53. The number of aromatic nitrogens is 1. The second-order valence-corrected chi connectivity index (χ2v) is 11.8. The molecule has 3 aromatic carbocycles. The zero-order chi connectivity index (χ0) is 23.5. The van der Waals surface area contributed by atoms with Gasteiger partial charge in [0.15, 0.2) is 6.20 Å². The molecule has 3 bridgehead atoms. The Kier molecular flexibility index (Phi) is 5.08. The van der Waals surface area contributed by atoms with Crippen molar-refractivity contribution in [2.45, 2.75) is 51.4 Å². The number of fused-ring (bicyclic) bond motifs is 3. The summed E-state index contributed by atoms with van der Waals surface area (Å²) in [7, 11) is 2.19. The Balaban J connectivity index is 1.28. The molecule has 0 spiro atoms. The lowest BCUT2D eigenvalue weighted by Gasteiger charge is -2.52. The molecule has 0 amide bonds. The molecule has 0 N–H and O–H groups in total. The molecule has 1 heterocycles. The summed E-state index contributed by atoms with van der Waals surface area (Å²) in [5.74, 6) is 4.72. The smallest absolute Gasteiger partial charge is 0.200 e. The van der Waals surface area contributed by atoms with Gasteiger partial charge in [-0.15, -0.1) is 0 Å². The summed E-state index contributed by atoms with van der Waals surface area (Å²) < 4.78 is 2.30. The van der Waals surface area contributed by atoms with E-state index in [1.54, 1.807) is 5.56 Å². The summed E-state index contributed by atoms with van der Waals surface area (Å²) in [6, 6.07) is 27.4. The minimum absolute atomic E-state index is 0.772. The van der Waals surface area contributed by atoms with E-state index in [0.717, 1.165) is 29.6 Å². The Hall–Kier alpha value is -2.93. The van der Waals surface area contributed by atoms with Crippen molar-refractivity contribution in [1.82, 2.24) is 0 Å². The molecule has 5 unspecified atom stereocenters. The lowest BCUT2D eigenvalue weighted by Crippen LogP contribution is -2.41. The van der Waals surface area contributed by atoms with Crippen molar-refractivity contribution in [3.8, 4) is 22.4 Å². The molecule has 3 saturated carbocycles. The van der Waals surface area contributed by atoms with Crippen molar-refractivity contribution in [2.24, 2.45) is 30.7 Å². The highest BCUT2D eigenvalue weighted by molar-refractivity contribution is 5.94. The lowest BCUT2D eigenvalue weighted by molar-refractivity contribution is -0.659. The molecular weight excluding hydrogens is 422 g/mol. The van der Waals surface area contributed by atoms with Gasteiger partial charge in [0.25, 0.3) is 0 Å². The molecule has 3 fully saturated rings. The van der Waals surface area contributed by atoms with E-state index in [9.17, 15) is 0 Å². The summed E-state index contributed by atoms with van der Waals surface area (Å²) in [6.45, 7) is 2.26. The van der Waals surface area contributed by atoms with E-state index in [4.69, 9.17) is 0 Å². The summed E-state index contributed by atoms with van der Waals surface area (Å²) in [5, 5.41) is 2.76. The molecule has 7 rings (SSSR count). The van der Waals surface area contributed by atoms with Gasteiger partial charge in [0, 0.05) is 11.6 Å². The van der Waals surface area contributed by atoms with Gasteiger partial charge in [0.2, 0.25) is 5.69 Å². The maximum atomic E-state index is 2.55. The monoisotopic (exact) mass is 458 g/mol. The van der Waals surface area contributed by atoms with E-state index in [1.165, 1.54) is 77.2 Å². The zero-order valence-electron chi connectivity index (χ0n) is 21.1. The van der Waals surface area contributed by atoms with Crippen LogP contribution in [0.4, 0.5) is 0 Å². The summed E-state index contributed by atoms with van der Waals surface area (Å²) in [4.78, 5) is 0. The van der Waals surface area contributed by atoms with Gasteiger partial charge < -0.3 is 0 Å². The first kappa shape index (κ1) is 21.4. The second-order valence-electron chi connectivity index (χ2n) is 11.8. The molecule has 4 aromatic rings. The van der Waals surface area contributed by atoms with Crippen LogP contribution in [0.5, 0.6) is 0 Å². The van der Waals surface area contributed by atoms with E-state index in [2.05, 4.69) is 97.5 Å². The third-order valence-electron chi connectivity index (χ3n) is 9.73. The Morgan fingerprint density at radius 3 is 2.46 bits per heavy atom. The Labute approximate surface area is 209 Å². The molecule has 1 heteroatoms. The van der Waals surface area contributed by atoms with Crippen LogP contribution in [0.15, 0.2) is 79.0 Å². The Morgan fingerprint density at radius 1 is 0.743 bits per heavy atom. The van der Waals surface area contributed by atoms with Crippen molar-refractivity contribution in [2.75, 3.05) is 0 Å². The number of rotatable bonds is 3. The summed E-state index contributed by atoms with van der Waals surface area (Å²) in [6.07, 6.45) is 11.2. The molecule has 176 valence electrons. The van der Waals surface area contributed by atoms with Gasteiger partial charge in [0.05, 0.1) is 5.39 Å². The number of hydrogen-bond donors (Lipinski definition) is 0. The molecule has 0 radical (unpaired) electrons. The van der Waals surface area contributed by atoms with Crippen molar-refractivity contribution in [3.05, 3.63) is 90.1 Å². The number of pyridine rings is 1. The van der Waals surface area contributed by atoms with Crippen LogP contribution in [0.2, 0.25) is 0 Å². The van der Waals surface area contributed by atoms with Crippen LogP contribution in [0.1, 0.15) is 55.6 Å². The largest absolute Gasteiger partial charge is 0.220 e. The molecule has 35 heavy (non-hydrogen) atoms. The van der Waals surface area contributed by atoms with Gasteiger partial charge in [0.1, 0.15) is 7.05 Å². The molecule has 5 atom stereocenters. The first-order valence-corrected chi connectivity index (χ1v) is 13.7. The van der Waals surface area contributed by atoms with Crippen molar-refractivity contribution in [1.29, 1.82) is 0 Å². The standard InChI is InChI=1S/C34H36N/c1-22-16-26(25-6-4-3-5-7-25)9-12-30(22)34-32-13-10-27(21-28(32)14-15-35(34)2)33-20-24-17-23-8-11-31(33)29(18-23)19-24/h3-7,9-10,12-16,21,23-24,29,31,33H,8,11,17-20H2,1-2H3/q+1. The maximum Gasteiger partial charge on any atom is 0.220 e. The number of aryl methyl sites for hydroxylation is 2. The number of benzene rings is 3. The summed E-state index contributed by atoms with van der Waals surface area (Å²) in [5.41, 5.74) is 8.15. The van der Waals surface area contributed by atoms with Crippen LogP contribution in [-0.4, -0.2) is 0 Å². The predicted octanol–water partition coefficient (Wildman–Crippen LogP) is 8.24. The van der Waals surface area contributed by atoms with E-state index < -0.39 is 0 Å². The van der Waals surface area contributed by atoms with E-state index in [-0.39, 0.29) is 0 Å². The normalized spacial score (nSPS) is 27.3. The van der Waals surface area contributed by atoms with Gasteiger partial charge in [-0.3, -0.25) is 0 Å². The van der Waals surface area contributed by atoms with E-state index in [1.807, 2.05) is 0 Å². The molecule has 3 aliphatic rings. The van der Waals surface area contributed by atoms with Gasteiger partial charge in [-0.1, -0.05) is 61.0 Å². The fourth-order valence-corrected chi connectivity index (χ4v) is 8.20. The van der Waals surface area contributed by atoms with Gasteiger partial charge in [-0.25, -0.2) is 4.57 Å². The first-order valence-electron chi connectivity index (χ1n) is 13.7. The van der Waals surface area contributed by atoms with Crippen LogP contribution < -0.4 is 4.57 Å². The topological polar surface area (TPSA) is 3.88 Å².